The van der Waals surface area contributed by atoms with Crippen molar-refractivity contribution in [2.75, 3.05) is 31.5 Å². The number of benzene rings is 3. The van der Waals surface area contributed by atoms with Crippen molar-refractivity contribution in [1.29, 1.82) is 0 Å². The first-order chi connectivity index (χ1) is 21.0. The number of esters is 1. The Bertz CT molecular complexity index is 1570. The molecule has 3 fully saturated rings. The van der Waals surface area contributed by atoms with Crippen LogP contribution in [0.2, 0.25) is 0 Å². The molecular weight excluding hydrogens is 593 g/mol. The van der Waals surface area contributed by atoms with Gasteiger partial charge in [0.15, 0.2) is 12.1 Å². The zero-order valence-corrected chi connectivity index (χ0v) is 24.5. The summed E-state index contributed by atoms with van der Waals surface area (Å²) >= 11 is 1.58. The maximum Gasteiger partial charge on any atom is 0.430 e. The summed E-state index contributed by atoms with van der Waals surface area (Å²) < 4.78 is 39.7. The number of ether oxygens (including phenoxy) is 1. The Morgan fingerprint density at radius 2 is 1.52 bits per heavy atom. The van der Waals surface area contributed by atoms with Gasteiger partial charge in [0.1, 0.15) is 19.1 Å². The largest absolute Gasteiger partial charge is 0.542 e. The molecule has 7 nitrogen and oxygen atoms in total. The highest BCUT2D eigenvalue weighted by Crippen LogP contribution is 2.37. The predicted molar refractivity (Wildman–Crippen MR) is 159 cm³/mol. The summed E-state index contributed by atoms with van der Waals surface area (Å²) in [7, 11) is 0. The van der Waals surface area contributed by atoms with E-state index in [-0.39, 0.29) is 17.9 Å². The molecule has 0 spiro atoms. The van der Waals surface area contributed by atoms with Crippen LogP contribution in [0.25, 0.3) is 10.1 Å². The Balaban J connectivity index is 0.000000493. The Labute approximate surface area is 256 Å². The first kappa shape index (κ1) is 31.2. The number of nitrogens with zero attached hydrogens (tertiary/aromatic N) is 1. The van der Waals surface area contributed by atoms with Crippen LogP contribution in [-0.2, 0) is 14.3 Å². The highest BCUT2D eigenvalue weighted by Gasteiger charge is 2.49. The molecule has 1 aromatic heterocycles. The predicted octanol–water partition coefficient (Wildman–Crippen LogP) is 5.39. The van der Waals surface area contributed by atoms with E-state index in [0.29, 0.717) is 23.5 Å². The van der Waals surface area contributed by atoms with E-state index in [9.17, 15) is 22.8 Å². The molecule has 4 heterocycles. The van der Waals surface area contributed by atoms with Crippen LogP contribution in [0.3, 0.4) is 0 Å². The van der Waals surface area contributed by atoms with Crippen LogP contribution in [0, 0.1) is 5.92 Å². The van der Waals surface area contributed by atoms with E-state index in [4.69, 9.17) is 14.6 Å². The van der Waals surface area contributed by atoms with Crippen LogP contribution in [0.1, 0.15) is 34.1 Å². The fourth-order valence-corrected chi connectivity index (χ4v) is 6.91. The van der Waals surface area contributed by atoms with Gasteiger partial charge in [-0.2, -0.15) is 13.2 Å². The number of anilines is 1. The van der Waals surface area contributed by atoms with Crippen molar-refractivity contribution < 1.29 is 41.9 Å². The number of Topliss-reactive ketones (excluding diaryl/α,β-unsaturated/α-hetero) is 1. The third kappa shape index (κ3) is 7.46. The lowest BCUT2D eigenvalue weighted by Gasteiger charge is -2.51. The van der Waals surface area contributed by atoms with Gasteiger partial charge in [-0.15, -0.1) is 11.3 Å². The molecule has 7 rings (SSSR count). The summed E-state index contributed by atoms with van der Waals surface area (Å²) in [6.07, 6.45) is -3.39. The number of para-hydroxylation sites is 1. The van der Waals surface area contributed by atoms with Gasteiger partial charge in [-0.3, -0.25) is 4.79 Å². The second kappa shape index (κ2) is 13.2. The zero-order chi connectivity index (χ0) is 31.3. The van der Waals surface area contributed by atoms with Gasteiger partial charge in [-0.1, -0.05) is 66.7 Å². The Morgan fingerprint density at radius 1 is 0.932 bits per heavy atom. The second-order valence-electron chi connectivity index (χ2n) is 11.2. The van der Waals surface area contributed by atoms with Crippen LogP contribution >= 0.6 is 11.3 Å². The molecule has 44 heavy (non-hydrogen) atoms. The van der Waals surface area contributed by atoms with E-state index in [1.54, 1.807) is 11.3 Å². The van der Waals surface area contributed by atoms with Crippen LogP contribution in [0.4, 0.5) is 18.9 Å². The quantitative estimate of drug-likeness (QED) is 0.161. The lowest BCUT2D eigenvalue weighted by molar-refractivity contribution is -0.938. The van der Waals surface area contributed by atoms with Crippen LogP contribution < -0.4 is 10.4 Å². The first-order valence-electron chi connectivity index (χ1n) is 14.3. The molecule has 3 aliphatic rings. The number of thiophene rings is 1. The number of hydrogen-bond donors (Lipinski definition) is 1. The fourth-order valence-electron chi connectivity index (χ4n) is 5.92. The van der Waals surface area contributed by atoms with Crippen molar-refractivity contribution in [2.24, 2.45) is 5.92 Å². The molecule has 3 saturated heterocycles. The first-order valence-corrected chi connectivity index (χ1v) is 15.1. The molecule has 3 aromatic carbocycles. The number of carbonyl (C=O) groups is 3. The normalized spacial score (nSPS) is 21.5. The van der Waals surface area contributed by atoms with Crippen molar-refractivity contribution in [3.63, 3.8) is 0 Å². The average Bonchev–Trinajstić information content (AvgIpc) is 3.46. The minimum absolute atomic E-state index is 0.172. The number of fused-ring (bicyclic) bond motifs is 4. The summed E-state index contributed by atoms with van der Waals surface area (Å²) in [5.41, 5.74) is 1.75. The van der Waals surface area contributed by atoms with Gasteiger partial charge in [-0.25, -0.2) is 4.79 Å². The van der Waals surface area contributed by atoms with E-state index < -0.39 is 18.2 Å². The van der Waals surface area contributed by atoms with E-state index >= 15 is 0 Å². The molecule has 0 aliphatic carbocycles. The van der Waals surface area contributed by atoms with Crippen molar-refractivity contribution in [3.05, 3.63) is 101 Å². The van der Waals surface area contributed by atoms with Gasteiger partial charge in [0.2, 0.25) is 5.78 Å². The number of hydrogen-bond acceptors (Lipinski definition) is 7. The van der Waals surface area contributed by atoms with Gasteiger partial charge < -0.3 is 24.4 Å². The highest BCUT2D eigenvalue weighted by molar-refractivity contribution is 7.20. The van der Waals surface area contributed by atoms with Crippen LogP contribution in [0.15, 0.2) is 91.0 Å². The van der Waals surface area contributed by atoms with E-state index in [1.807, 2.05) is 78.9 Å². The summed E-state index contributed by atoms with van der Waals surface area (Å²) in [6.45, 7) is 3.12. The third-order valence-corrected chi connectivity index (χ3v) is 9.33. The van der Waals surface area contributed by atoms with Crippen molar-refractivity contribution >= 4 is 44.8 Å². The summed E-state index contributed by atoms with van der Waals surface area (Å²) in [6, 6.07) is 29.1. The molecule has 1 N–H and O–H groups in total. The SMILES string of the molecule is O=C(C[N+]12CCC(CC1)[C@@H](OC(=O)C(Nc1ccccc1)c1ccccc1)C2)c1cc2ccccc2s1.O=C([O-])C(F)(F)F. The molecule has 11 heteroatoms. The molecule has 0 radical (unpaired) electrons. The number of aliphatic carboxylic acids is 1. The fraction of sp³-hybridized carbons (Fsp3) is 0.303. The second-order valence-corrected chi connectivity index (χ2v) is 12.2. The number of alkyl halides is 3. The molecule has 0 amide bonds. The molecule has 3 aliphatic heterocycles. The molecule has 0 saturated carbocycles. The van der Waals surface area contributed by atoms with Crippen molar-refractivity contribution in [3.8, 4) is 0 Å². The van der Waals surface area contributed by atoms with E-state index in [1.165, 1.54) is 0 Å². The van der Waals surface area contributed by atoms with E-state index in [2.05, 4.69) is 17.4 Å². The minimum Gasteiger partial charge on any atom is -0.542 e. The monoisotopic (exact) mass is 624 g/mol. The van der Waals surface area contributed by atoms with Gasteiger partial charge >= 0.3 is 12.1 Å². The lowest BCUT2D eigenvalue weighted by atomic mass is 9.83. The van der Waals surface area contributed by atoms with Gasteiger partial charge in [0.25, 0.3) is 0 Å². The number of halogens is 3. The number of rotatable bonds is 8. The number of carboxylic acid groups (broad SMARTS) is 1. The van der Waals surface area contributed by atoms with Crippen LogP contribution in [-0.4, -0.2) is 60.7 Å². The highest BCUT2D eigenvalue weighted by atomic mass is 32.1. The standard InChI is InChI=1S/C31H31N2O3S.C2HF3O2/c34-26(29-19-24-11-7-8-14-28(24)37-29)20-33-17-15-22(16-18-33)27(21-33)36-31(35)30(23-9-3-1-4-10-23)32-25-12-5-2-6-13-25;3-2(4,5)1(6)7/h1-14,19,22,27,30,32H,15-18,20-21H2;(H,6,7)/q+1;/p-1/t22?,27-,30?,33?;/m0./s1. The molecule has 1 unspecified atom stereocenters. The Kier molecular flexibility index (Phi) is 9.36. The molecule has 4 aromatic rings. The molecule has 230 valence electrons. The number of carboxylic acids is 1. The van der Waals surface area contributed by atoms with Crippen LogP contribution in [0.5, 0.6) is 0 Å². The third-order valence-electron chi connectivity index (χ3n) is 8.17. The number of carbonyl (C=O) groups excluding carboxylic acids is 3. The van der Waals surface area contributed by atoms with Crippen molar-refractivity contribution in [1.82, 2.24) is 0 Å². The summed E-state index contributed by atoms with van der Waals surface area (Å²) in [5, 5.41) is 13.3. The maximum absolute atomic E-state index is 13.6. The summed E-state index contributed by atoms with van der Waals surface area (Å²) in [4.78, 5) is 36.6. The smallest absolute Gasteiger partial charge is 0.430 e. The number of ketones is 1. The minimum atomic E-state index is -5.19. The average molecular weight is 625 g/mol. The maximum atomic E-state index is 13.6. The topological polar surface area (TPSA) is 95.5 Å². The zero-order valence-electron chi connectivity index (χ0n) is 23.7. The Morgan fingerprint density at radius 3 is 2.14 bits per heavy atom. The molecule has 2 atom stereocenters. The number of quaternary nitrogens is 1. The van der Waals surface area contributed by atoms with E-state index in [0.717, 1.165) is 52.1 Å². The van der Waals surface area contributed by atoms with Crippen molar-refractivity contribution in [2.45, 2.75) is 31.2 Å². The van der Waals surface area contributed by atoms with Gasteiger partial charge in [0.05, 0.1) is 18.0 Å². The van der Waals surface area contributed by atoms with Gasteiger partial charge in [-0.05, 0) is 35.2 Å². The lowest BCUT2D eigenvalue weighted by Crippen LogP contribution is -2.65. The molecule has 2 bridgehead atoms. The van der Waals surface area contributed by atoms with Gasteiger partial charge in [0, 0.05) is 29.1 Å². The Hall–Kier alpha value is -4.22. The number of piperidine rings is 3. The number of nitrogens with one attached hydrogen (secondary N) is 1. The summed E-state index contributed by atoms with van der Waals surface area (Å²) in [5.74, 6) is -2.72. The molecular formula is C33H31F3N2O5S.